The second-order valence-electron chi connectivity index (χ2n) is 21.3. The van der Waals surface area contributed by atoms with Crippen LogP contribution in [-0.4, -0.2) is 4.57 Å². The van der Waals surface area contributed by atoms with Gasteiger partial charge in [-0.15, -0.1) is 11.3 Å². The Bertz CT molecular complexity index is 4850. The molecule has 1 atom stereocenters. The Labute approximate surface area is 449 Å². The van der Waals surface area contributed by atoms with Crippen LogP contribution in [0.3, 0.4) is 0 Å². The van der Waals surface area contributed by atoms with Crippen LogP contribution in [0.2, 0.25) is 0 Å². The summed E-state index contributed by atoms with van der Waals surface area (Å²) in [6.45, 7) is 0. The number of rotatable bonds is 4. The molecule has 77 heavy (non-hydrogen) atoms. The molecule has 2 aromatic heterocycles. The first-order valence-electron chi connectivity index (χ1n) is 26.8. The monoisotopic (exact) mass is 992 g/mol. The first kappa shape index (κ1) is 41.8. The Kier molecular flexibility index (Phi) is 8.18. The summed E-state index contributed by atoms with van der Waals surface area (Å²) in [6.07, 6.45) is 0. The molecule has 0 saturated heterocycles. The summed E-state index contributed by atoms with van der Waals surface area (Å²) in [5.41, 5.74) is 26.8. The van der Waals surface area contributed by atoms with Gasteiger partial charge < -0.3 is 9.47 Å². The van der Waals surface area contributed by atoms with E-state index in [-0.39, 0.29) is 0 Å². The first-order valence-corrected chi connectivity index (χ1v) is 27.7. The van der Waals surface area contributed by atoms with E-state index in [2.05, 4.69) is 276 Å². The van der Waals surface area contributed by atoms with E-state index in [1.54, 1.807) is 0 Å². The van der Waals surface area contributed by atoms with Crippen molar-refractivity contribution < 1.29 is 0 Å². The number of thiophene rings is 1. The topological polar surface area (TPSA) is 8.17 Å². The molecule has 0 radical (unpaired) electrons. The third-order valence-corrected chi connectivity index (χ3v) is 19.2. The van der Waals surface area contributed by atoms with Gasteiger partial charge in [0.1, 0.15) is 0 Å². The maximum Gasteiger partial charge on any atom is 0.0755 e. The van der Waals surface area contributed by atoms with Crippen LogP contribution in [-0.2, 0) is 10.8 Å². The molecule has 1 unspecified atom stereocenters. The molecular weight excluding hydrogens is 949 g/mol. The van der Waals surface area contributed by atoms with E-state index in [4.69, 9.17) is 0 Å². The Hall–Kier alpha value is -9.54. The molecule has 356 valence electrons. The van der Waals surface area contributed by atoms with E-state index >= 15 is 0 Å². The normalized spacial score (nSPS) is 15.4. The van der Waals surface area contributed by atoms with Gasteiger partial charge in [0.25, 0.3) is 0 Å². The third-order valence-electron chi connectivity index (χ3n) is 18.0. The summed E-state index contributed by atoms with van der Waals surface area (Å²) in [4.78, 5) is 2.62. The average Bonchev–Trinajstić information content (AvgIpc) is 4.33. The summed E-state index contributed by atoms with van der Waals surface area (Å²) in [5, 5.41) is 5.18. The fourth-order valence-corrected chi connectivity index (χ4v) is 16.5. The van der Waals surface area contributed by atoms with E-state index in [0.717, 1.165) is 17.1 Å². The number of anilines is 3. The number of para-hydroxylation sites is 3. The van der Waals surface area contributed by atoms with Crippen LogP contribution >= 0.6 is 11.3 Å². The molecule has 3 heteroatoms. The Balaban J connectivity index is 0.938. The van der Waals surface area contributed by atoms with E-state index in [0.29, 0.717) is 0 Å². The van der Waals surface area contributed by atoms with Crippen molar-refractivity contribution in [2.75, 3.05) is 4.90 Å². The molecule has 0 amide bonds. The molecule has 0 fully saturated rings. The lowest BCUT2D eigenvalue weighted by Gasteiger charge is -2.39. The second kappa shape index (κ2) is 15.1. The fraction of sp³-hybridized carbons (Fsp3) is 0.0270. The highest BCUT2D eigenvalue weighted by atomic mass is 32.1. The number of fused-ring (bicyclic) bond motifs is 25. The van der Waals surface area contributed by atoms with Crippen molar-refractivity contribution in [2.45, 2.75) is 10.8 Å². The second-order valence-corrected chi connectivity index (χ2v) is 22.4. The molecule has 3 aliphatic carbocycles. The smallest absolute Gasteiger partial charge is 0.0755 e. The predicted octanol–water partition coefficient (Wildman–Crippen LogP) is 19.3. The van der Waals surface area contributed by atoms with Crippen LogP contribution < -0.4 is 4.90 Å². The minimum absolute atomic E-state index is 0.494. The summed E-state index contributed by atoms with van der Waals surface area (Å²) in [7, 11) is 0. The minimum atomic E-state index is -0.604. The van der Waals surface area contributed by atoms with Gasteiger partial charge in [-0.2, -0.15) is 0 Å². The lowest BCUT2D eigenvalue weighted by atomic mass is 9.65. The van der Waals surface area contributed by atoms with Gasteiger partial charge >= 0.3 is 0 Å². The van der Waals surface area contributed by atoms with Crippen molar-refractivity contribution >= 4 is 70.4 Å². The number of hydrogen-bond donors (Lipinski definition) is 0. The molecular formula is C74H44N2S. The first-order chi connectivity index (χ1) is 38.2. The zero-order valence-electron chi connectivity index (χ0n) is 41.7. The van der Waals surface area contributed by atoms with Gasteiger partial charge in [-0.1, -0.05) is 224 Å². The van der Waals surface area contributed by atoms with E-state index < -0.39 is 10.8 Å². The fourth-order valence-electron chi connectivity index (χ4n) is 15.3. The zero-order valence-corrected chi connectivity index (χ0v) is 42.5. The van der Waals surface area contributed by atoms with Gasteiger partial charge in [-0.3, -0.25) is 0 Å². The molecule has 2 nitrogen and oxygen atoms in total. The van der Waals surface area contributed by atoms with Gasteiger partial charge in [0.15, 0.2) is 0 Å². The number of hydrogen-bond acceptors (Lipinski definition) is 2. The summed E-state index contributed by atoms with van der Waals surface area (Å²) in [5.74, 6) is 0. The van der Waals surface area contributed by atoms with Crippen LogP contribution in [0, 0.1) is 0 Å². The molecule has 4 aliphatic rings. The Morgan fingerprint density at radius 1 is 0.312 bits per heavy atom. The largest absolute Gasteiger partial charge is 0.309 e. The van der Waals surface area contributed by atoms with E-state index in [1.807, 2.05) is 11.3 Å². The Morgan fingerprint density at radius 3 is 1.44 bits per heavy atom. The van der Waals surface area contributed by atoms with Gasteiger partial charge in [0.05, 0.1) is 38.9 Å². The summed E-state index contributed by atoms with van der Waals surface area (Å²) >= 11 is 1.89. The lowest BCUT2D eigenvalue weighted by molar-refractivity contribution is 0.748. The summed E-state index contributed by atoms with van der Waals surface area (Å²) in [6, 6.07) is 101. The van der Waals surface area contributed by atoms with Crippen LogP contribution in [0.25, 0.3) is 92.2 Å². The number of aromatic nitrogens is 1. The van der Waals surface area contributed by atoms with Crippen LogP contribution in [0.4, 0.5) is 17.1 Å². The molecule has 14 aromatic rings. The highest BCUT2D eigenvalue weighted by molar-refractivity contribution is 7.26. The van der Waals surface area contributed by atoms with Gasteiger partial charge in [-0.25, -0.2) is 0 Å². The SMILES string of the molecule is c1ccc2c(c1)-c1ccccc1C21c2ccccc2-c2c(N(c3ccc(-c4cccc5c4sc4ccccc45)cc3)c3cccc4c3-c3ccccc3C43c4ccccc4-n4c5ccccc5c5cccc3c54)cccc21. The molecule has 0 bridgehead atoms. The predicted molar refractivity (Wildman–Crippen MR) is 321 cm³/mol. The quantitative estimate of drug-likeness (QED) is 0.171. The van der Waals surface area contributed by atoms with Gasteiger partial charge in [0, 0.05) is 47.8 Å². The maximum atomic E-state index is 2.62. The summed E-state index contributed by atoms with van der Waals surface area (Å²) < 4.78 is 5.18. The third kappa shape index (κ3) is 5.07. The Morgan fingerprint density at radius 2 is 0.766 bits per heavy atom. The highest BCUT2D eigenvalue weighted by Gasteiger charge is 2.54. The van der Waals surface area contributed by atoms with E-state index in [9.17, 15) is 0 Å². The highest BCUT2D eigenvalue weighted by Crippen LogP contribution is 2.67. The molecule has 2 spiro atoms. The van der Waals surface area contributed by atoms with Crippen LogP contribution in [0.15, 0.2) is 267 Å². The van der Waals surface area contributed by atoms with Gasteiger partial charge in [-0.05, 0) is 120 Å². The van der Waals surface area contributed by atoms with Crippen LogP contribution in [0.5, 0.6) is 0 Å². The number of nitrogens with zero attached hydrogens (tertiary/aromatic N) is 2. The molecule has 12 aromatic carbocycles. The minimum Gasteiger partial charge on any atom is -0.309 e. The van der Waals surface area contributed by atoms with Crippen molar-refractivity contribution in [2.24, 2.45) is 0 Å². The molecule has 1 aliphatic heterocycles. The molecule has 0 N–H and O–H groups in total. The van der Waals surface area contributed by atoms with E-state index in [1.165, 1.54) is 137 Å². The average molecular weight is 993 g/mol. The van der Waals surface area contributed by atoms with Crippen molar-refractivity contribution in [1.29, 1.82) is 0 Å². The lowest BCUT2D eigenvalue weighted by Crippen LogP contribution is -2.33. The van der Waals surface area contributed by atoms with Crippen molar-refractivity contribution in [3.63, 3.8) is 0 Å². The maximum absolute atomic E-state index is 2.62. The van der Waals surface area contributed by atoms with Crippen molar-refractivity contribution in [3.05, 3.63) is 311 Å². The zero-order chi connectivity index (χ0) is 50.1. The van der Waals surface area contributed by atoms with Crippen molar-refractivity contribution in [1.82, 2.24) is 4.57 Å². The van der Waals surface area contributed by atoms with Gasteiger partial charge in [0.2, 0.25) is 0 Å². The standard InChI is InChI=1S/C74H44N2S/c1-7-28-56-48(19-1)49-20-2-8-29-57(49)73(56)58-30-9-3-23-54(58)69-61(73)33-17-38-66(69)75(46-43-41-45(42-44-46)47-25-15-27-53-51-22-6-14-40-68(51)77-72(47)53)67-39-18-34-62-70(67)55-24-4-10-31-59(55)74(62)60-32-11-13-37-65(60)76-64-36-12-5-21-50(64)52-26-16-35-63(74)71(52)76/h1-44H. The van der Waals surface area contributed by atoms with Crippen molar-refractivity contribution in [3.8, 4) is 50.2 Å². The number of benzene rings is 12. The molecule has 18 rings (SSSR count). The van der Waals surface area contributed by atoms with Crippen LogP contribution in [0.1, 0.15) is 44.5 Å². The molecule has 3 heterocycles. The molecule has 0 saturated carbocycles.